The van der Waals surface area contributed by atoms with E-state index >= 15 is 0 Å². The molecule has 0 bridgehead atoms. The molecule has 0 radical (unpaired) electrons. The first-order valence-corrected chi connectivity index (χ1v) is 10.8. The summed E-state index contributed by atoms with van der Waals surface area (Å²) in [6.07, 6.45) is 3.74. The predicted octanol–water partition coefficient (Wildman–Crippen LogP) is 4.13. The number of aromatic hydroxyl groups is 1. The van der Waals surface area contributed by atoms with Gasteiger partial charge >= 0.3 is 5.69 Å². The van der Waals surface area contributed by atoms with Crippen molar-refractivity contribution in [3.8, 4) is 11.5 Å². The van der Waals surface area contributed by atoms with Crippen molar-refractivity contribution in [3.05, 3.63) is 50.4 Å². The van der Waals surface area contributed by atoms with Crippen molar-refractivity contribution < 1.29 is 24.4 Å². The number of benzene rings is 1. The van der Waals surface area contributed by atoms with Gasteiger partial charge in [-0.25, -0.2) is 0 Å². The fourth-order valence-electron chi connectivity index (χ4n) is 5.12. The smallest absolute Gasteiger partial charge is 0.314 e. The Kier molecular flexibility index (Phi) is 5.56. The highest BCUT2D eigenvalue weighted by atomic mass is 16.6. The molecule has 0 saturated carbocycles. The monoisotopic (exact) mass is 426 g/mol. The number of nitro groups is 1. The zero-order chi connectivity index (χ0) is 22.3. The first-order valence-electron chi connectivity index (χ1n) is 10.8. The molecule has 2 aliphatic carbocycles. The van der Waals surface area contributed by atoms with Gasteiger partial charge in [-0.2, -0.15) is 0 Å². The molecule has 4 rings (SSSR count). The zero-order valence-corrected chi connectivity index (χ0v) is 17.8. The third-order valence-corrected chi connectivity index (χ3v) is 6.31. The number of rotatable bonds is 5. The van der Waals surface area contributed by atoms with Crippen LogP contribution in [0.1, 0.15) is 63.9 Å². The number of nitro benzene ring substituents is 1. The Labute approximate surface area is 180 Å². The predicted molar refractivity (Wildman–Crippen MR) is 113 cm³/mol. The summed E-state index contributed by atoms with van der Waals surface area (Å²) in [7, 11) is 0. The molecule has 0 amide bonds. The fourth-order valence-corrected chi connectivity index (χ4v) is 5.12. The lowest BCUT2D eigenvalue weighted by Crippen LogP contribution is -2.39. The standard InChI is InChI=1S/C23H26N2O6/c1-3-24-14-7-5-9-17(26)21(14)20(22-15(24)8-6-10-18(22)27)13-11-16(25(29)30)23(28)19(12-13)31-4-2/h11-12,20,28H,3-10H2,1-2H3. The van der Waals surface area contributed by atoms with E-state index in [-0.39, 0.29) is 23.9 Å². The maximum absolute atomic E-state index is 13.1. The minimum absolute atomic E-state index is 0.0135. The zero-order valence-electron chi connectivity index (χ0n) is 17.8. The molecule has 0 aromatic heterocycles. The van der Waals surface area contributed by atoms with Crippen molar-refractivity contribution in [2.24, 2.45) is 0 Å². The Bertz CT molecular complexity index is 995. The minimum Gasteiger partial charge on any atom is -0.500 e. The number of hydrogen-bond acceptors (Lipinski definition) is 7. The van der Waals surface area contributed by atoms with Crippen LogP contribution in [0.2, 0.25) is 0 Å². The van der Waals surface area contributed by atoms with E-state index in [1.165, 1.54) is 12.1 Å². The summed E-state index contributed by atoms with van der Waals surface area (Å²) in [5.74, 6) is -1.28. The summed E-state index contributed by atoms with van der Waals surface area (Å²) < 4.78 is 5.46. The van der Waals surface area contributed by atoms with Crippen LogP contribution >= 0.6 is 0 Å². The lowest BCUT2D eigenvalue weighted by molar-refractivity contribution is -0.386. The number of Topliss-reactive ketones (excluding diaryl/α,β-unsaturated/α-hetero) is 2. The van der Waals surface area contributed by atoms with Crippen LogP contribution in [0.15, 0.2) is 34.7 Å². The topological polar surface area (TPSA) is 110 Å². The van der Waals surface area contributed by atoms with Gasteiger partial charge in [0.1, 0.15) is 0 Å². The van der Waals surface area contributed by atoms with E-state index in [1.54, 1.807) is 6.92 Å². The first-order chi connectivity index (χ1) is 14.9. The van der Waals surface area contributed by atoms with Gasteiger partial charge < -0.3 is 14.7 Å². The fraction of sp³-hybridized carbons (Fsp3) is 0.478. The SMILES string of the molecule is CCOc1cc(C2C3=C(CCCC3=O)N(CC)C3=C2C(=O)CCC3)cc([N+](=O)[O-])c1O. The van der Waals surface area contributed by atoms with Crippen LogP contribution in [-0.4, -0.2) is 39.6 Å². The molecule has 31 heavy (non-hydrogen) atoms. The number of phenolic OH excluding ortho intramolecular Hbond substituents is 1. The number of ketones is 2. The number of ether oxygens (including phenoxy) is 1. The van der Waals surface area contributed by atoms with Gasteiger partial charge in [-0.3, -0.25) is 19.7 Å². The highest BCUT2D eigenvalue weighted by Crippen LogP contribution is 2.51. The Morgan fingerprint density at radius 3 is 2.13 bits per heavy atom. The highest BCUT2D eigenvalue weighted by Gasteiger charge is 2.43. The van der Waals surface area contributed by atoms with Crippen molar-refractivity contribution in [2.45, 2.75) is 58.3 Å². The van der Waals surface area contributed by atoms with E-state index in [4.69, 9.17) is 4.74 Å². The summed E-state index contributed by atoms with van der Waals surface area (Å²) in [5, 5.41) is 22.0. The molecule has 0 unspecified atom stereocenters. The van der Waals surface area contributed by atoms with E-state index in [1.807, 2.05) is 6.92 Å². The van der Waals surface area contributed by atoms with Crippen LogP contribution in [0.3, 0.4) is 0 Å². The van der Waals surface area contributed by atoms with Crippen molar-refractivity contribution >= 4 is 17.3 Å². The number of phenols is 1. The normalized spacial score (nSPS) is 19.5. The molecule has 1 aromatic rings. The van der Waals surface area contributed by atoms with E-state index in [9.17, 15) is 24.8 Å². The summed E-state index contributed by atoms with van der Waals surface area (Å²) in [6, 6.07) is 2.82. The van der Waals surface area contributed by atoms with Gasteiger partial charge in [-0.05, 0) is 51.2 Å². The Balaban J connectivity index is 2.00. The molecule has 0 saturated heterocycles. The molecule has 1 heterocycles. The quantitative estimate of drug-likeness (QED) is 0.557. The lowest BCUT2D eigenvalue weighted by Gasteiger charge is -2.43. The summed E-state index contributed by atoms with van der Waals surface area (Å²) in [5.41, 5.74) is 2.91. The molecule has 1 aromatic carbocycles. The summed E-state index contributed by atoms with van der Waals surface area (Å²) >= 11 is 0. The number of carbonyl (C=O) groups is 2. The largest absolute Gasteiger partial charge is 0.500 e. The average molecular weight is 426 g/mol. The third kappa shape index (κ3) is 3.40. The van der Waals surface area contributed by atoms with Crippen LogP contribution < -0.4 is 4.74 Å². The molecule has 8 nitrogen and oxygen atoms in total. The molecule has 0 spiro atoms. The first kappa shape index (κ1) is 21.1. The van der Waals surface area contributed by atoms with Crippen molar-refractivity contribution in [2.75, 3.05) is 13.2 Å². The molecular weight excluding hydrogens is 400 g/mol. The van der Waals surface area contributed by atoms with Crippen LogP contribution in [-0.2, 0) is 9.59 Å². The van der Waals surface area contributed by atoms with E-state index in [0.29, 0.717) is 36.1 Å². The van der Waals surface area contributed by atoms with Crippen LogP contribution in [0.25, 0.3) is 0 Å². The third-order valence-electron chi connectivity index (χ3n) is 6.31. The van der Waals surface area contributed by atoms with Crippen molar-refractivity contribution in [1.82, 2.24) is 4.90 Å². The van der Waals surface area contributed by atoms with Gasteiger partial charge in [0.25, 0.3) is 0 Å². The summed E-state index contributed by atoms with van der Waals surface area (Å²) in [4.78, 5) is 39.3. The second-order valence-corrected chi connectivity index (χ2v) is 8.03. The van der Waals surface area contributed by atoms with Crippen molar-refractivity contribution in [3.63, 3.8) is 0 Å². The van der Waals surface area contributed by atoms with E-state index in [0.717, 1.165) is 37.1 Å². The van der Waals surface area contributed by atoms with Crippen LogP contribution in [0.5, 0.6) is 11.5 Å². The molecular formula is C23H26N2O6. The Morgan fingerprint density at radius 2 is 1.65 bits per heavy atom. The van der Waals surface area contributed by atoms with Gasteiger partial charge in [0.15, 0.2) is 17.3 Å². The maximum Gasteiger partial charge on any atom is 0.314 e. The second-order valence-electron chi connectivity index (χ2n) is 8.03. The average Bonchev–Trinajstić information content (AvgIpc) is 2.74. The van der Waals surface area contributed by atoms with Gasteiger partial charge in [0, 0.05) is 53.9 Å². The maximum atomic E-state index is 13.1. The number of carbonyl (C=O) groups excluding carboxylic acids is 2. The number of hydrogen-bond donors (Lipinski definition) is 1. The van der Waals surface area contributed by atoms with Crippen molar-refractivity contribution in [1.29, 1.82) is 0 Å². The number of nitrogens with zero attached hydrogens (tertiary/aromatic N) is 2. The van der Waals surface area contributed by atoms with Crippen LogP contribution in [0, 0.1) is 10.1 Å². The molecule has 1 aliphatic heterocycles. The summed E-state index contributed by atoms with van der Waals surface area (Å²) in [6.45, 7) is 4.59. The van der Waals surface area contributed by atoms with E-state index < -0.39 is 22.3 Å². The molecule has 8 heteroatoms. The Hall–Kier alpha value is -3.16. The van der Waals surface area contributed by atoms with Gasteiger partial charge in [-0.1, -0.05) is 0 Å². The number of allylic oxidation sites excluding steroid dienone is 4. The molecule has 0 atom stereocenters. The highest BCUT2D eigenvalue weighted by molar-refractivity contribution is 6.06. The van der Waals surface area contributed by atoms with Crippen LogP contribution in [0.4, 0.5) is 5.69 Å². The van der Waals surface area contributed by atoms with Gasteiger partial charge in [0.05, 0.1) is 11.5 Å². The molecule has 0 fully saturated rings. The Morgan fingerprint density at radius 1 is 1.06 bits per heavy atom. The van der Waals surface area contributed by atoms with E-state index in [2.05, 4.69) is 4.90 Å². The minimum atomic E-state index is -0.674. The lowest BCUT2D eigenvalue weighted by atomic mass is 9.71. The van der Waals surface area contributed by atoms with Gasteiger partial charge in [-0.15, -0.1) is 0 Å². The molecule has 164 valence electrons. The van der Waals surface area contributed by atoms with Gasteiger partial charge in [0.2, 0.25) is 5.75 Å². The second kappa shape index (κ2) is 8.17. The molecule has 3 aliphatic rings. The molecule has 1 N–H and O–H groups in total.